The number of rotatable bonds is 5. The SMILES string of the molecule is Cc1c(O[C@@H]2CCC[C@H](NCC3CCOC3)C2)ccc2[nH]ncc12. The smallest absolute Gasteiger partial charge is 0.123 e. The molecule has 24 heavy (non-hydrogen) atoms. The zero-order chi connectivity index (χ0) is 16.4. The van der Waals surface area contributed by atoms with Crippen LogP contribution in [-0.4, -0.2) is 42.1 Å². The lowest BCUT2D eigenvalue weighted by molar-refractivity contribution is 0.131. The van der Waals surface area contributed by atoms with Crippen LogP contribution in [0, 0.1) is 12.8 Å². The molecule has 2 fully saturated rings. The second kappa shape index (κ2) is 7.11. The Morgan fingerprint density at radius 3 is 3.17 bits per heavy atom. The molecule has 1 aliphatic heterocycles. The molecule has 1 aliphatic carbocycles. The Kier molecular flexibility index (Phi) is 4.72. The average Bonchev–Trinajstić information content (AvgIpc) is 3.27. The molecule has 0 radical (unpaired) electrons. The highest BCUT2D eigenvalue weighted by Gasteiger charge is 2.25. The first-order chi connectivity index (χ1) is 11.8. The molecule has 2 aliphatic rings. The monoisotopic (exact) mass is 329 g/mol. The van der Waals surface area contributed by atoms with E-state index in [-0.39, 0.29) is 0 Å². The standard InChI is InChI=1S/C19H27N3O2/c1-13-17-11-21-22-18(17)5-6-19(13)24-16-4-2-3-15(9-16)20-10-14-7-8-23-12-14/h5-6,11,14-16,20H,2-4,7-10,12H2,1H3,(H,21,22)/t14?,15-,16+/m0/s1. The van der Waals surface area contributed by atoms with E-state index in [0.29, 0.717) is 18.1 Å². The second-order valence-corrected chi connectivity index (χ2v) is 7.26. The van der Waals surface area contributed by atoms with Crippen molar-refractivity contribution < 1.29 is 9.47 Å². The largest absolute Gasteiger partial charge is 0.490 e. The van der Waals surface area contributed by atoms with Crippen molar-refractivity contribution in [2.24, 2.45) is 5.92 Å². The number of aryl methyl sites for hydroxylation is 1. The van der Waals surface area contributed by atoms with Crippen LogP contribution in [0.5, 0.6) is 5.75 Å². The number of aromatic nitrogens is 2. The van der Waals surface area contributed by atoms with Gasteiger partial charge in [0.05, 0.1) is 18.3 Å². The first-order valence-corrected chi connectivity index (χ1v) is 9.20. The van der Waals surface area contributed by atoms with Gasteiger partial charge in [-0.15, -0.1) is 0 Å². The van der Waals surface area contributed by atoms with Crippen molar-refractivity contribution in [2.45, 2.75) is 51.2 Å². The number of hydrogen-bond acceptors (Lipinski definition) is 4. The van der Waals surface area contributed by atoms with Crippen molar-refractivity contribution in [1.29, 1.82) is 0 Å². The maximum Gasteiger partial charge on any atom is 0.123 e. The Hall–Kier alpha value is -1.59. The third kappa shape index (κ3) is 3.42. The molecule has 4 rings (SSSR count). The van der Waals surface area contributed by atoms with Crippen LogP contribution >= 0.6 is 0 Å². The summed E-state index contributed by atoms with van der Waals surface area (Å²) in [7, 11) is 0. The maximum atomic E-state index is 6.36. The predicted molar refractivity (Wildman–Crippen MR) is 94.4 cm³/mol. The van der Waals surface area contributed by atoms with Crippen LogP contribution in [0.25, 0.3) is 10.9 Å². The summed E-state index contributed by atoms with van der Waals surface area (Å²) in [5.41, 5.74) is 2.25. The van der Waals surface area contributed by atoms with E-state index < -0.39 is 0 Å². The fourth-order valence-electron chi connectivity index (χ4n) is 3.96. The van der Waals surface area contributed by atoms with Crippen LogP contribution in [0.2, 0.25) is 0 Å². The van der Waals surface area contributed by atoms with Crippen LogP contribution < -0.4 is 10.1 Å². The molecular weight excluding hydrogens is 302 g/mol. The molecule has 1 aromatic heterocycles. The lowest BCUT2D eigenvalue weighted by Crippen LogP contribution is -2.40. The van der Waals surface area contributed by atoms with Gasteiger partial charge in [-0.3, -0.25) is 5.10 Å². The lowest BCUT2D eigenvalue weighted by Gasteiger charge is -2.31. The number of benzene rings is 1. The van der Waals surface area contributed by atoms with Crippen molar-refractivity contribution in [3.63, 3.8) is 0 Å². The van der Waals surface area contributed by atoms with Gasteiger partial charge in [0.2, 0.25) is 0 Å². The van der Waals surface area contributed by atoms with Gasteiger partial charge in [0.15, 0.2) is 0 Å². The molecule has 5 nitrogen and oxygen atoms in total. The number of aromatic amines is 1. The Balaban J connectivity index is 1.35. The average molecular weight is 329 g/mol. The maximum absolute atomic E-state index is 6.36. The molecule has 2 heterocycles. The highest BCUT2D eigenvalue weighted by atomic mass is 16.5. The van der Waals surface area contributed by atoms with Gasteiger partial charge in [0, 0.05) is 30.1 Å². The van der Waals surface area contributed by atoms with E-state index >= 15 is 0 Å². The number of ether oxygens (including phenoxy) is 2. The summed E-state index contributed by atoms with van der Waals surface area (Å²) in [4.78, 5) is 0. The normalized spacial score (nSPS) is 27.6. The Labute approximate surface area is 143 Å². The zero-order valence-electron chi connectivity index (χ0n) is 14.4. The van der Waals surface area contributed by atoms with Gasteiger partial charge in [0.25, 0.3) is 0 Å². The van der Waals surface area contributed by atoms with Crippen molar-refractivity contribution in [3.05, 3.63) is 23.9 Å². The minimum atomic E-state index is 0.305. The molecule has 130 valence electrons. The van der Waals surface area contributed by atoms with Gasteiger partial charge in [0.1, 0.15) is 11.9 Å². The molecule has 1 unspecified atom stereocenters. The predicted octanol–water partition coefficient (Wildman–Crippen LogP) is 3.19. The van der Waals surface area contributed by atoms with Crippen molar-refractivity contribution in [3.8, 4) is 5.75 Å². The van der Waals surface area contributed by atoms with E-state index in [2.05, 4.69) is 34.6 Å². The molecule has 3 atom stereocenters. The lowest BCUT2D eigenvalue weighted by atomic mass is 9.92. The molecule has 1 aromatic carbocycles. The molecule has 5 heteroatoms. The van der Waals surface area contributed by atoms with Gasteiger partial charge in [-0.05, 0) is 57.1 Å². The van der Waals surface area contributed by atoms with E-state index in [1.165, 1.54) is 24.8 Å². The number of H-pyrrole nitrogens is 1. The summed E-state index contributed by atoms with van der Waals surface area (Å²) >= 11 is 0. The van der Waals surface area contributed by atoms with Gasteiger partial charge in [-0.25, -0.2) is 0 Å². The molecule has 2 N–H and O–H groups in total. The van der Waals surface area contributed by atoms with Gasteiger partial charge >= 0.3 is 0 Å². The highest BCUT2D eigenvalue weighted by molar-refractivity contribution is 5.83. The second-order valence-electron chi connectivity index (χ2n) is 7.26. The molecule has 1 saturated heterocycles. The minimum Gasteiger partial charge on any atom is -0.490 e. The van der Waals surface area contributed by atoms with E-state index in [1.807, 2.05) is 6.20 Å². The fraction of sp³-hybridized carbons (Fsp3) is 0.632. The van der Waals surface area contributed by atoms with Gasteiger partial charge in [-0.2, -0.15) is 5.10 Å². The summed E-state index contributed by atoms with van der Waals surface area (Å²) in [5, 5.41) is 12.0. The number of nitrogens with one attached hydrogen (secondary N) is 2. The third-order valence-electron chi connectivity index (χ3n) is 5.48. The molecule has 0 spiro atoms. The Morgan fingerprint density at radius 1 is 1.33 bits per heavy atom. The zero-order valence-corrected chi connectivity index (χ0v) is 14.4. The molecule has 2 aromatic rings. The van der Waals surface area contributed by atoms with Crippen molar-refractivity contribution >= 4 is 10.9 Å². The van der Waals surface area contributed by atoms with Crippen LogP contribution in [-0.2, 0) is 4.74 Å². The molecule has 0 amide bonds. The van der Waals surface area contributed by atoms with E-state index in [9.17, 15) is 0 Å². The Bertz CT molecular complexity index is 678. The van der Waals surface area contributed by atoms with Crippen LogP contribution in [0.4, 0.5) is 0 Å². The molecular formula is C19H27N3O2. The van der Waals surface area contributed by atoms with Crippen LogP contribution in [0.1, 0.15) is 37.7 Å². The van der Waals surface area contributed by atoms with Gasteiger partial charge in [-0.1, -0.05) is 0 Å². The number of fused-ring (bicyclic) bond motifs is 1. The van der Waals surface area contributed by atoms with E-state index in [1.54, 1.807) is 0 Å². The number of nitrogens with zero attached hydrogens (tertiary/aromatic N) is 1. The quantitative estimate of drug-likeness (QED) is 0.884. The van der Waals surface area contributed by atoms with Crippen molar-refractivity contribution in [2.75, 3.05) is 19.8 Å². The van der Waals surface area contributed by atoms with E-state index in [4.69, 9.17) is 9.47 Å². The molecule has 0 bridgehead atoms. The summed E-state index contributed by atoms with van der Waals surface area (Å²) in [6.45, 7) is 5.05. The topological polar surface area (TPSA) is 59.2 Å². The highest BCUT2D eigenvalue weighted by Crippen LogP contribution is 2.30. The first-order valence-electron chi connectivity index (χ1n) is 9.20. The minimum absolute atomic E-state index is 0.305. The van der Waals surface area contributed by atoms with Crippen molar-refractivity contribution in [1.82, 2.24) is 15.5 Å². The van der Waals surface area contributed by atoms with E-state index in [0.717, 1.165) is 49.3 Å². The fourth-order valence-corrected chi connectivity index (χ4v) is 3.96. The summed E-state index contributed by atoms with van der Waals surface area (Å²) < 4.78 is 11.8. The van der Waals surface area contributed by atoms with Gasteiger partial charge < -0.3 is 14.8 Å². The molecule has 1 saturated carbocycles. The third-order valence-corrected chi connectivity index (χ3v) is 5.48. The number of hydrogen-bond donors (Lipinski definition) is 2. The van der Waals surface area contributed by atoms with Crippen LogP contribution in [0.3, 0.4) is 0 Å². The summed E-state index contributed by atoms with van der Waals surface area (Å²) in [6.07, 6.45) is 8.11. The Morgan fingerprint density at radius 2 is 2.29 bits per heavy atom. The summed E-state index contributed by atoms with van der Waals surface area (Å²) in [6, 6.07) is 4.70. The van der Waals surface area contributed by atoms with Crippen LogP contribution in [0.15, 0.2) is 18.3 Å². The summed E-state index contributed by atoms with van der Waals surface area (Å²) in [5.74, 6) is 1.69. The first kappa shape index (κ1) is 15.9.